The van der Waals surface area contributed by atoms with Crippen LogP contribution >= 0.6 is 0 Å². The summed E-state index contributed by atoms with van der Waals surface area (Å²) in [6, 6.07) is 0.789. The van der Waals surface area contributed by atoms with Crippen LogP contribution in [-0.2, 0) is 4.74 Å². The largest absolute Gasteiger partial charge is 0.379 e. The summed E-state index contributed by atoms with van der Waals surface area (Å²) in [5.41, 5.74) is 5.33. The molecule has 17 heavy (non-hydrogen) atoms. The molecule has 0 aromatic rings. The minimum absolute atomic E-state index is 0.616. The maximum Gasteiger partial charge on any atom is 0.0591 e. The van der Waals surface area contributed by atoms with Gasteiger partial charge in [0.25, 0.3) is 0 Å². The number of rotatable bonds is 10. The van der Waals surface area contributed by atoms with E-state index < -0.39 is 0 Å². The minimum Gasteiger partial charge on any atom is -0.379 e. The summed E-state index contributed by atoms with van der Waals surface area (Å²) in [5, 5.41) is 7.02. The molecule has 0 heterocycles. The van der Waals surface area contributed by atoms with Crippen LogP contribution in [0.5, 0.6) is 0 Å². The zero-order valence-electron chi connectivity index (χ0n) is 11.0. The molecule has 102 valence electrons. The molecule has 0 unspecified atom stereocenters. The number of ether oxygens (including phenoxy) is 1. The maximum atomic E-state index is 5.33. The van der Waals surface area contributed by atoms with Crippen molar-refractivity contribution in [3.05, 3.63) is 0 Å². The molecule has 0 atom stereocenters. The Morgan fingerprint density at radius 1 is 1.00 bits per heavy atom. The zero-order chi connectivity index (χ0) is 12.2. The van der Waals surface area contributed by atoms with Gasteiger partial charge in [0.15, 0.2) is 0 Å². The van der Waals surface area contributed by atoms with Crippen molar-refractivity contribution in [2.45, 2.75) is 44.6 Å². The van der Waals surface area contributed by atoms with Crippen LogP contribution in [0.2, 0.25) is 0 Å². The molecule has 4 nitrogen and oxygen atoms in total. The van der Waals surface area contributed by atoms with Crippen molar-refractivity contribution in [2.75, 3.05) is 39.4 Å². The monoisotopic (exact) mass is 243 g/mol. The molecule has 1 fully saturated rings. The van der Waals surface area contributed by atoms with Crippen molar-refractivity contribution < 1.29 is 4.74 Å². The zero-order valence-corrected chi connectivity index (χ0v) is 11.0. The molecule has 0 bridgehead atoms. The van der Waals surface area contributed by atoms with E-state index in [9.17, 15) is 0 Å². The van der Waals surface area contributed by atoms with E-state index in [-0.39, 0.29) is 0 Å². The molecule has 0 radical (unpaired) electrons. The Morgan fingerprint density at radius 3 is 2.59 bits per heavy atom. The lowest BCUT2D eigenvalue weighted by Crippen LogP contribution is -2.33. The first-order valence-electron chi connectivity index (χ1n) is 7.15. The standard InChI is InChI=1S/C13H29N3O/c14-7-11-17-12-10-15-8-4-9-16-13-5-2-1-3-6-13/h13,15-16H,1-12,14H2. The lowest BCUT2D eigenvalue weighted by Gasteiger charge is -2.22. The van der Waals surface area contributed by atoms with Crippen LogP contribution in [0.15, 0.2) is 0 Å². The molecule has 0 aromatic carbocycles. The molecule has 0 amide bonds. The fourth-order valence-electron chi connectivity index (χ4n) is 2.28. The van der Waals surface area contributed by atoms with Crippen LogP contribution in [0, 0.1) is 0 Å². The number of nitrogens with two attached hydrogens (primary N) is 1. The number of hydrogen-bond donors (Lipinski definition) is 3. The SMILES string of the molecule is NCCOCCNCCCNC1CCCCC1. The summed E-state index contributed by atoms with van der Waals surface area (Å²) in [6.07, 6.45) is 8.21. The van der Waals surface area contributed by atoms with Gasteiger partial charge in [-0.15, -0.1) is 0 Å². The molecule has 0 aromatic heterocycles. The predicted molar refractivity (Wildman–Crippen MR) is 72.2 cm³/mol. The summed E-state index contributed by atoms with van der Waals surface area (Å²) in [5.74, 6) is 0. The Balaban J connectivity index is 1.75. The van der Waals surface area contributed by atoms with Gasteiger partial charge < -0.3 is 21.1 Å². The third-order valence-electron chi connectivity index (χ3n) is 3.25. The van der Waals surface area contributed by atoms with Gasteiger partial charge in [0.05, 0.1) is 13.2 Å². The Bertz CT molecular complexity index is 161. The fraction of sp³-hybridized carbons (Fsp3) is 1.00. The first kappa shape index (κ1) is 14.9. The van der Waals surface area contributed by atoms with E-state index in [2.05, 4.69) is 10.6 Å². The lowest BCUT2D eigenvalue weighted by molar-refractivity contribution is 0.143. The van der Waals surface area contributed by atoms with Gasteiger partial charge in [-0.2, -0.15) is 0 Å². The molecular formula is C13H29N3O. The average Bonchev–Trinajstić information content (AvgIpc) is 2.38. The van der Waals surface area contributed by atoms with Crippen LogP contribution in [0.25, 0.3) is 0 Å². The Labute approximate surface area is 106 Å². The third-order valence-corrected chi connectivity index (χ3v) is 3.25. The van der Waals surface area contributed by atoms with Crippen LogP contribution in [0.3, 0.4) is 0 Å². The van der Waals surface area contributed by atoms with E-state index in [0.29, 0.717) is 13.2 Å². The van der Waals surface area contributed by atoms with Crippen molar-refractivity contribution in [1.82, 2.24) is 10.6 Å². The Kier molecular flexibility index (Phi) is 9.61. The van der Waals surface area contributed by atoms with E-state index >= 15 is 0 Å². The van der Waals surface area contributed by atoms with Crippen LogP contribution in [0.1, 0.15) is 38.5 Å². The smallest absolute Gasteiger partial charge is 0.0591 e. The van der Waals surface area contributed by atoms with E-state index in [1.807, 2.05) is 0 Å². The van der Waals surface area contributed by atoms with E-state index in [0.717, 1.165) is 32.3 Å². The second kappa shape index (κ2) is 11.0. The summed E-state index contributed by atoms with van der Waals surface area (Å²) >= 11 is 0. The van der Waals surface area contributed by atoms with Gasteiger partial charge in [0.1, 0.15) is 0 Å². The molecule has 1 saturated carbocycles. The first-order chi connectivity index (χ1) is 8.43. The fourth-order valence-corrected chi connectivity index (χ4v) is 2.28. The number of hydrogen-bond acceptors (Lipinski definition) is 4. The molecule has 0 saturated heterocycles. The van der Waals surface area contributed by atoms with Crippen LogP contribution in [0.4, 0.5) is 0 Å². The molecule has 0 aliphatic heterocycles. The van der Waals surface area contributed by atoms with E-state index in [4.69, 9.17) is 10.5 Å². The van der Waals surface area contributed by atoms with E-state index in [1.165, 1.54) is 38.5 Å². The molecule has 1 rings (SSSR count). The highest BCUT2D eigenvalue weighted by molar-refractivity contribution is 4.71. The Morgan fingerprint density at radius 2 is 1.82 bits per heavy atom. The van der Waals surface area contributed by atoms with Crippen molar-refractivity contribution in [3.8, 4) is 0 Å². The summed E-state index contributed by atoms with van der Waals surface area (Å²) in [7, 11) is 0. The highest BCUT2D eigenvalue weighted by atomic mass is 16.5. The highest BCUT2D eigenvalue weighted by Crippen LogP contribution is 2.16. The average molecular weight is 243 g/mol. The van der Waals surface area contributed by atoms with Gasteiger partial charge in [0.2, 0.25) is 0 Å². The molecule has 4 N–H and O–H groups in total. The maximum absolute atomic E-state index is 5.33. The van der Waals surface area contributed by atoms with Crippen molar-refractivity contribution in [1.29, 1.82) is 0 Å². The Hall–Kier alpha value is -0.160. The van der Waals surface area contributed by atoms with Gasteiger partial charge >= 0.3 is 0 Å². The van der Waals surface area contributed by atoms with Crippen LogP contribution < -0.4 is 16.4 Å². The van der Waals surface area contributed by atoms with Crippen LogP contribution in [-0.4, -0.2) is 45.4 Å². The topological polar surface area (TPSA) is 59.3 Å². The second-order valence-electron chi connectivity index (χ2n) is 4.79. The third kappa shape index (κ3) is 8.55. The minimum atomic E-state index is 0.616. The van der Waals surface area contributed by atoms with Gasteiger partial charge in [-0.25, -0.2) is 0 Å². The number of nitrogens with one attached hydrogen (secondary N) is 2. The first-order valence-corrected chi connectivity index (χ1v) is 7.15. The van der Waals surface area contributed by atoms with Gasteiger partial charge in [-0.1, -0.05) is 19.3 Å². The molecular weight excluding hydrogens is 214 g/mol. The summed E-state index contributed by atoms with van der Waals surface area (Å²) in [6.45, 7) is 5.21. The molecule has 1 aliphatic carbocycles. The van der Waals surface area contributed by atoms with Crippen molar-refractivity contribution in [2.24, 2.45) is 5.73 Å². The van der Waals surface area contributed by atoms with Gasteiger partial charge in [-0.3, -0.25) is 0 Å². The van der Waals surface area contributed by atoms with Crippen molar-refractivity contribution in [3.63, 3.8) is 0 Å². The normalized spacial score (nSPS) is 17.5. The van der Waals surface area contributed by atoms with Crippen molar-refractivity contribution >= 4 is 0 Å². The molecule has 0 spiro atoms. The van der Waals surface area contributed by atoms with Gasteiger partial charge in [0, 0.05) is 19.1 Å². The lowest BCUT2D eigenvalue weighted by atomic mass is 9.95. The molecule has 1 aliphatic rings. The summed E-state index contributed by atoms with van der Waals surface area (Å²) in [4.78, 5) is 0. The summed E-state index contributed by atoms with van der Waals surface area (Å²) < 4.78 is 5.28. The quantitative estimate of drug-likeness (QED) is 0.498. The second-order valence-corrected chi connectivity index (χ2v) is 4.79. The molecule has 4 heteroatoms. The van der Waals surface area contributed by atoms with E-state index in [1.54, 1.807) is 0 Å². The predicted octanol–water partition coefficient (Wildman–Crippen LogP) is 0.864. The highest BCUT2D eigenvalue weighted by Gasteiger charge is 2.11. The van der Waals surface area contributed by atoms with Gasteiger partial charge in [-0.05, 0) is 32.4 Å².